The van der Waals surface area contributed by atoms with E-state index < -0.39 is 0 Å². The number of rotatable bonds is 2. The number of H-pyrrole nitrogens is 1. The van der Waals surface area contributed by atoms with Crippen LogP contribution in [-0.4, -0.2) is 57.6 Å². The number of aromatic nitrogens is 4. The summed E-state index contributed by atoms with van der Waals surface area (Å²) < 4.78 is 1.72. The van der Waals surface area contributed by atoms with E-state index in [0.717, 1.165) is 11.2 Å². The number of amides is 1. The van der Waals surface area contributed by atoms with E-state index in [4.69, 9.17) is 0 Å². The molecule has 3 aromatic rings. The molecule has 8 heteroatoms. The molecule has 0 radical (unpaired) electrons. The summed E-state index contributed by atoms with van der Waals surface area (Å²) >= 11 is 0. The van der Waals surface area contributed by atoms with E-state index in [9.17, 15) is 9.59 Å². The van der Waals surface area contributed by atoms with Crippen molar-refractivity contribution >= 4 is 17.4 Å². The van der Waals surface area contributed by atoms with Crippen molar-refractivity contribution in [3.8, 4) is 0 Å². The Bertz CT molecular complexity index is 1040. The molecule has 0 atom stereocenters. The number of fused-ring (bicyclic) bond motifs is 2. The van der Waals surface area contributed by atoms with Crippen LogP contribution in [0.4, 0.5) is 5.95 Å². The number of nitrogens with one attached hydrogen (secondary N) is 1. The predicted octanol–water partition coefficient (Wildman–Crippen LogP) is 0.725. The smallest absolute Gasteiger partial charge is 0.255 e. The van der Waals surface area contributed by atoms with E-state index >= 15 is 0 Å². The van der Waals surface area contributed by atoms with Crippen molar-refractivity contribution in [1.82, 2.24) is 24.5 Å². The minimum Gasteiger partial charge on any atom is -0.348 e. The molecule has 0 aliphatic carbocycles. The first-order valence-corrected chi connectivity index (χ1v) is 8.55. The summed E-state index contributed by atoms with van der Waals surface area (Å²) in [7, 11) is 3.67. The Kier molecular flexibility index (Phi) is 3.95. The molecule has 1 amide bonds. The largest absolute Gasteiger partial charge is 0.348 e. The average Bonchev–Trinajstić information content (AvgIpc) is 2.99. The van der Waals surface area contributed by atoms with Gasteiger partial charge in [-0.15, -0.1) is 0 Å². The molecule has 4 heterocycles. The van der Waals surface area contributed by atoms with Gasteiger partial charge in [0.2, 0.25) is 5.95 Å². The summed E-state index contributed by atoms with van der Waals surface area (Å²) in [5.74, 6) is 0.505. The molecule has 1 aliphatic heterocycles. The lowest BCUT2D eigenvalue weighted by Crippen LogP contribution is -2.33. The molecule has 0 saturated heterocycles. The molecule has 0 aromatic carbocycles. The molecule has 0 saturated carbocycles. The van der Waals surface area contributed by atoms with E-state index in [1.54, 1.807) is 32.8 Å². The fraction of sp³-hybridized carbons (Fsp3) is 0.333. The van der Waals surface area contributed by atoms with Crippen molar-refractivity contribution in [3.05, 3.63) is 57.8 Å². The Balaban J connectivity index is 1.59. The number of carbonyl (C=O) groups is 1. The van der Waals surface area contributed by atoms with Crippen molar-refractivity contribution in [2.45, 2.75) is 12.8 Å². The topological polar surface area (TPSA) is 86.6 Å². The Labute approximate surface area is 150 Å². The van der Waals surface area contributed by atoms with Crippen LogP contribution in [0.5, 0.6) is 0 Å². The number of aromatic amines is 1. The number of hydrogen-bond acceptors (Lipinski definition) is 5. The fourth-order valence-corrected chi connectivity index (χ4v) is 3.25. The standard InChI is InChI=1S/C18H20N6O2/c1-22(2)18-20-15-6-9-23(8-5-14(15)16(25)21-18)17(26)12-4-10-24-13(11-12)3-7-19-24/h3-4,7,10-11H,5-6,8-9H2,1-2H3,(H,20,21,25). The first-order valence-electron chi connectivity index (χ1n) is 8.55. The molecule has 26 heavy (non-hydrogen) atoms. The zero-order valence-corrected chi connectivity index (χ0v) is 14.8. The van der Waals surface area contributed by atoms with Gasteiger partial charge in [-0.05, 0) is 24.6 Å². The van der Waals surface area contributed by atoms with E-state index in [2.05, 4.69) is 15.1 Å². The van der Waals surface area contributed by atoms with E-state index in [-0.39, 0.29) is 11.5 Å². The highest BCUT2D eigenvalue weighted by atomic mass is 16.2. The average molecular weight is 352 g/mol. The molecule has 0 fully saturated rings. The quantitative estimate of drug-likeness (QED) is 0.735. The third-order valence-electron chi connectivity index (χ3n) is 4.70. The van der Waals surface area contributed by atoms with Crippen molar-refractivity contribution in [2.75, 3.05) is 32.1 Å². The first kappa shape index (κ1) is 16.3. The lowest BCUT2D eigenvalue weighted by molar-refractivity contribution is 0.0763. The lowest BCUT2D eigenvalue weighted by Gasteiger charge is -2.20. The molecule has 0 spiro atoms. The van der Waals surface area contributed by atoms with Gasteiger partial charge in [-0.1, -0.05) is 0 Å². The third-order valence-corrected chi connectivity index (χ3v) is 4.70. The summed E-state index contributed by atoms with van der Waals surface area (Å²) in [6.07, 6.45) is 4.56. The summed E-state index contributed by atoms with van der Waals surface area (Å²) in [5.41, 5.74) is 2.84. The van der Waals surface area contributed by atoms with Gasteiger partial charge in [0.05, 0.1) is 11.2 Å². The maximum Gasteiger partial charge on any atom is 0.255 e. The van der Waals surface area contributed by atoms with Crippen molar-refractivity contribution in [3.63, 3.8) is 0 Å². The van der Waals surface area contributed by atoms with Crippen LogP contribution in [0.3, 0.4) is 0 Å². The normalized spacial score (nSPS) is 14.2. The number of pyridine rings is 1. The molecule has 0 bridgehead atoms. The van der Waals surface area contributed by atoms with Gasteiger partial charge in [-0.3, -0.25) is 14.6 Å². The molecule has 134 valence electrons. The van der Waals surface area contributed by atoms with Crippen LogP contribution < -0.4 is 10.5 Å². The molecular formula is C18H20N6O2. The second-order valence-electron chi connectivity index (χ2n) is 6.62. The van der Waals surface area contributed by atoms with Gasteiger partial charge in [-0.25, -0.2) is 9.50 Å². The second-order valence-corrected chi connectivity index (χ2v) is 6.62. The Morgan fingerprint density at radius 1 is 1.23 bits per heavy atom. The van der Waals surface area contributed by atoms with Crippen LogP contribution in [0.1, 0.15) is 21.6 Å². The van der Waals surface area contributed by atoms with Crippen LogP contribution in [0.25, 0.3) is 5.52 Å². The SMILES string of the molecule is CN(C)c1nc2c(c(=O)[nH]1)CCN(C(=O)c1ccn3nccc3c1)CC2. The number of carbonyl (C=O) groups excluding carboxylic acids is 1. The Hall–Kier alpha value is -3.16. The second kappa shape index (κ2) is 6.29. The van der Waals surface area contributed by atoms with Crippen LogP contribution in [0.2, 0.25) is 0 Å². The van der Waals surface area contributed by atoms with Gasteiger partial charge in [0.25, 0.3) is 11.5 Å². The molecule has 8 nitrogen and oxygen atoms in total. The molecule has 4 rings (SSSR count). The number of nitrogens with zero attached hydrogens (tertiary/aromatic N) is 5. The number of hydrogen-bond donors (Lipinski definition) is 1. The maximum atomic E-state index is 12.9. The van der Waals surface area contributed by atoms with E-state index in [1.165, 1.54) is 0 Å². The van der Waals surface area contributed by atoms with Gasteiger partial charge in [0.15, 0.2) is 0 Å². The molecule has 3 aromatic heterocycles. The highest BCUT2D eigenvalue weighted by Crippen LogP contribution is 2.16. The Morgan fingerprint density at radius 3 is 2.85 bits per heavy atom. The third kappa shape index (κ3) is 2.83. The molecule has 1 N–H and O–H groups in total. The summed E-state index contributed by atoms with van der Waals surface area (Å²) in [4.78, 5) is 36.2. The summed E-state index contributed by atoms with van der Waals surface area (Å²) in [5, 5.41) is 4.15. The fourth-order valence-electron chi connectivity index (χ4n) is 3.25. The van der Waals surface area contributed by atoms with Crippen LogP contribution in [-0.2, 0) is 12.8 Å². The van der Waals surface area contributed by atoms with Crippen LogP contribution in [0, 0.1) is 0 Å². The van der Waals surface area contributed by atoms with Crippen LogP contribution in [0.15, 0.2) is 35.4 Å². The van der Waals surface area contributed by atoms with E-state index in [1.807, 2.05) is 26.2 Å². The highest BCUT2D eigenvalue weighted by molar-refractivity contribution is 5.95. The zero-order chi connectivity index (χ0) is 18.3. The Morgan fingerprint density at radius 2 is 2.04 bits per heavy atom. The van der Waals surface area contributed by atoms with E-state index in [0.29, 0.717) is 43.0 Å². The minimum absolute atomic E-state index is 0.0363. The first-order chi connectivity index (χ1) is 12.5. The summed E-state index contributed by atoms with van der Waals surface area (Å²) in [6, 6.07) is 5.47. The lowest BCUT2D eigenvalue weighted by atomic mass is 10.1. The van der Waals surface area contributed by atoms with Gasteiger partial charge in [0.1, 0.15) is 0 Å². The summed E-state index contributed by atoms with van der Waals surface area (Å²) in [6.45, 7) is 1.04. The number of anilines is 1. The van der Waals surface area contributed by atoms with Crippen LogP contribution >= 0.6 is 0 Å². The van der Waals surface area contributed by atoms with Crippen molar-refractivity contribution in [1.29, 1.82) is 0 Å². The zero-order valence-electron chi connectivity index (χ0n) is 14.8. The molecule has 0 unspecified atom stereocenters. The molecular weight excluding hydrogens is 332 g/mol. The minimum atomic E-state index is -0.117. The molecule has 1 aliphatic rings. The van der Waals surface area contributed by atoms with Crippen molar-refractivity contribution < 1.29 is 4.79 Å². The highest BCUT2D eigenvalue weighted by Gasteiger charge is 2.23. The predicted molar refractivity (Wildman–Crippen MR) is 97.7 cm³/mol. The van der Waals surface area contributed by atoms with Gasteiger partial charge in [0, 0.05) is 57.1 Å². The van der Waals surface area contributed by atoms with Gasteiger partial charge >= 0.3 is 0 Å². The maximum absolute atomic E-state index is 12.9. The van der Waals surface area contributed by atoms with Gasteiger partial charge < -0.3 is 9.80 Å². The van der Waals surface area contributed by atoms with Crippen molar-refractivity contribution in [2.24, 2.45) is 0 Å². The van der Waals surface area contributed by atoms with Gasteiger partial charge in [-0.2, -0.15) is 5.10 Å². The monoisotopic (exact) mass is 352 g/mol.